The fourth-order valence-corrected chi connectivity index (χ4v) is 4.05. The molecule has 3 rings (SSSR count). The Kier molecular flexibility index (Phi) is 6.32. The summed E-state index contributed by atoms with van der Waals surface area (Å²) in [6.45, 7) is 6.79. The van der Waals surface area contributed by atoms with Crippen molar-refractivity contribution in [3.05, 3.63) is 35.4 Å². The number of halogens is 1. The van der Waals surface area contributed by atoms with Gasteiger partial charge in [-0.15, -0.1) is 11.8 Å². The minimum Gasteiger partial charge on any atom is -0.473 e. The number of hydrogen-bond donors (Lipinski definition) is 2. The summed E-state index contributed by atoms with van der Waals surface area (Å²) in [6.07, 6.45) is 4.03. The van der Waals surface area contributed by atoms with Gasteiger partial charge in [0.25, 0.3) is 0 Å². The van der Waals surface area contributed by atoms with E-state index in [9.17, 15) is 4.39 Å². The molecular formula is C20H29FN4OS. The van der Waals surface area contributed by atoms with E-state index in [0.717, 1.165) is 29.1 Å². The van der Waals surface area contributed by atoms with Gasteiger partial charge in [-0.05, 0) is 44.7 Å². The number of anilines is 1. The van der Waals surface area contributed by atoms with E-state index in [1.54, 1.807) is 12.1 Å². The highest BCUT2D eigenvalue weighted by atomic mass is 32.2. The van der Waals surface area contributed by atoms with Gasteiger partial charge < -0.3 is 20.3 Å². The fourth-order valence-electron chi connectivity index (χ4n) is 3.62. The number of ether oxygens (including phenoxy) is 1. The highest BCUT2D eigenvalue weighted by Crippen LogP contribution is 2.27. The van der Waals surface area contributed by atoms with Crippen molar-refractivity contribution in [3.8, 4) is 0 Å². The molecule has 7 heteroatoms. The van der Waals surface area contributed by atoms with Crippen LogP contribution in [0.4, 0.5) is 10.1 Å². The highest BCUT2D eigenvalue weighted by molar-refractivity contribution is 7.98. The molecule has 1 fully saturated rings. The molecule has 27 heavy (non-hydrogen) atoms. The highest BCUT2D eigenvalue weighted by Gasteiger charge is 2.33. The molecule has 2 unspecified atom stereocenters. The predicted molar refractivity (Wildman–Crippen MR) is 111 cm³/mol. The summed E-state index contributed by atoms with van der Waals surface area (Å²) in [5.41, 5.74) is 1.35. The topological polar surface area (TPSA) is 48.9 Å². The Balaban J connectivity index is 1.79. The SMILES string of the molecule is CCC1NC(C)C[C@@H]1OC1=NCN(C)C(Nc2ccc(SC)cc2F)=C1C. The van der Waals surface area contributed by atoms with Crippen molar-refractivity contribution < 1.29 is 9.13 Å². The molecule has 1 aromatic rings. The van der Waals surface area contributed by atoms with Crippen LogP contribution in [0.5, 0.6) is 0 Å². The molecule has 1 saturated heterocycles. The van der Waals surface area contributed by atoms with Gasteiger partial charge in [-0.3, -0.25) is 0 Å². The third-order valence-electron chi connectivity index (χ3n) is 5.15. The lowest BCUT2D eigenvalue weighted by molar-refractivity contribution is 0.166. The zero-order valence-electron chi connectivity index (χ0n) is 16.7. The number of aliphatic imine (C=N–C) groups is 1. The lowest BCUT2D eigenvalue weighted by Gasteiger charge is -2.30. The Hall–Kier alpha value is -1.73. The maximum absolute atomic E-state index is 14.4. The van der Waals surface area contributed by atoms with Gasteiger partial charge in [0.05, 0.1) is 11.3 Å². The Labute approximate surface area is 165 Å². The Morgan fingerprint density at radius 2 is 2.22 bits per heavy atom. The summed E-state index contributed by atoms with van der Waals surface area (Å²) < 4.78 is 20.7. The number of thioether (sulfide) groups is 1. The first-order chi connectivity index (χ1) is 12.9. The van der Waals surface area contributed by atoms with E-state index < -0.39 is 0 Å². The van der Waals surface area contributed by atoms with Crippen LogP contribution in [0.25, 0.3) is 0 Å². The van der Waals surface area contributed by atoms with Crippen LogP contribution in [-0.2, 0) is 4.74 Å². The van der Waals surface area contributed by atoms with Gasteiger partial charge in [-0.2, -0.15) is 0 Å². The number of rotatable bonds is 5. The van der Waals surface area contributed by atoms with Crippen molar-refractivity contribution in [1.82, 2.24) is 10.2 Å². The van der Waals surface area contributed by atoms with Crippen molar-refractivity contribution in [3.63, 3.8) is 0 Å². The molecule has 0 spiro atoms. The first kappa shape index (κ1) is 20.0. The van der Waals surface area contributed by atoms with Crippen LogP contribution in [-0.4, -0.2) is 49.0 Å². The van der Waals surface area contributed by atoms with Crippen LogP contribution in [0.2, 0.25) is 0 Å². The second-order valence-electron chi connectivity index (χ2n) is 7.22. The molecule has 148 valence electrons. The van der Waals surface area contributed by atoms with Crippen molar-refractivity contribution in [2.45, 2.75) is 56.7 Å². The molecule has 5 nitrogen and oxygen atoms in total. The molecule has 0 bridgehead atoms. The molecule has 2 N–H and O–H groups in total. The largest absolute Gasteiger partial charge is 0.473 e. The number of nitrogens with one attached hydrogen (secondary N) is 2. The summed E-state index contributed by atoms with van der Waals surface area (Å²) in [4.78, 5) is 7.46. The maximum Gasteiger partial charge on any atom is 0.217 e. The first-order valence-corrected chi connectivity index (χ1v) is 10.7. The molecule has 0 aromatic heterocycles. The molecular weight excluding hydrogens is 363 g/mol. The van der Waals surface area contributed by atoms with Crippen molar-refractivity contribution in [2.24, 2.45) is 4.99 Å². The van der Waals surface area contributed by atoms with Gasteiger partial charge in [-0.1, -0.05) is 6.92 Å². The quantitative estimate of drug-likeness (QED) is 0.741. The molecule has 0 saturated carbocycles. The number of benzene rings is 1. The molecule has 2 aliphatic rings. The summed E-state index contributed by atoms with van der Waals surface area (Å²) in [7, 11) is 1.94. The lowest BCUT2D eigenvalue weighted by Crippen LogP contribution is -2.37. The summed E-state index contributed by atoms with van der Waals surface area (Å²) in [6, 6.07) is 6.02. The van der Waals surface area contributed by atoms with Gasteiger partial charge in [0.2, 0.25) is 5.90 Å². The number of nitrogens with zero attached hydrogens (tertiary/aromatic N) is 2. The van der Waals surface area contributed by atoms with E-state index in [-0.39, 0.29) is 11.9 Å². The van der Waals surface area contributed by atoms with Crippen LogP contribution in [0.1, 0.15) is 33.6 Å². The summed E-state index contributed by atoms with van der Waals surface area (Å²) in [5.74, 6) is 1.21. The Morgan fingerprint density at radius 1 is 1.44 bits per heavy atom. The van der Waals surface area contributed by atoms with Crippen molar-refractivity contribution in [1.29, 1.82) is 0 Å². The summed E-state index contributed by atoms with van der Waals surface area (Å²) in [5, 5.41) is 6.80. The van der Waals surface area contributed by atoms with Gasteiger partial charge in [-0.25, -0.2) is 9.38 Å². The van der Waals surface area contributed by atoms with Crippen LogP contribution < -0.4 is 10.6 Å². The average Bonchev–Trinajstić information content (AvgIpc) is 3.01. The monoisotopic (exact) mass is 392 g/mol. The fraction of sp³-hybridized carbons (Fsp3) is 0.550. The molecule has 0 radical (unpaired) electrons. The average molecular weight is 393 g/mol. The van der Waals surface area contributed by atoms with E-state index in [2.05, 4.69) is 29.5 Å². The number of hydrogen-bond acceptors (Lipinski definition) is 6. The zero-order chi connectivity index (χ0) is 19.6. The van der Waals surface area contributed by atoms with Gasteiger partial charge in [0.15, 0.2) is 0 Å². The maximum atomic E-state index is 14.4. The van der Waals surface area contributed by atoms with E-state index in [0.29, 0.717) is 30.3 Å². The predicted octanol–water partition coefficient (Wildman–Crippen LogP) is 4.04. The Morgan fingerprint density at radius 3 is 2.89 bits per heavy atom. The zero-order valence-corrected chi connectivity index (χ0v) is 17.5. The van der Waals surface area contributed by atoms with Crippen molar-refractivity contribution in [2.75, 3.05) is 25.3 Å². The lowest BCUT2D eigenvalue weighted by atomic mass is 10.1. The van der Waals surface area contributed by atoms with Crippen molar-refractivity contribution >= 4 is 23.3 Å². The van der Waals surface area contributed by atoms with Crippen LogP contribution in [0, 0.1) is 5.82 Å². The normalized spacial score (nSPS) is 25.6. The Bertz CT molecular complexity index is 751. The minimum atomic E-state index is -0.264. The standard InChI is InChI=1S/C20H29FN4OS/c1-6-16-18(9-12(2)23-16)26-20-13(3)19(25(4)11-22-20)24-17-8-7-14(27-5)10-15(17)21/h7-8,10,12,16,18,23-24H,6,9,11H2,1-5H3/t12?,16?,18-/m0/s1. The molecule has 3 atom stereocenters. The smallest absolute Gasteiger partial charge is 0.217 e. The van der Waals surface area contributed by atoms with Crippen LogP contribution >= 0.6 is 11.8 Å². The third-order valence-corrected chi connectivity index (χ3v) is 5.87. The molecule has 1 aromatic carbocycles. The first-order valence-electron chi connectivity index (χ1n) is 9.43. The van der Waals surface area contributed by atoms with Crippen LogP contribution in [0.3, 0.4) is 0 Å². The van der Waals surface area contributed by atoms with Gasteiger partial charge >= 0.3 is 0 Å². The minimum absolute atomic E-state index is 0.112. The van der Waals surface area contributed by atoms with E-state index >= 15 is 0 Å². The van der Waals surface area contributed by atoms with Crippen LogP contribution in [0.15, 0.2) is 39.5 Å². The summed E-state index contributed by atoms with van der Waals surface area (Å²) >= 11 is 1.52. The molecule has 0 aliphatic carbocycles. The van der Waals surface area contributed by atoms with E-state index in [1.165, 1.54) is 11.8 Å². The molecule has 2 heterocycles. The van der Waals surface area contributed by atoms with E-state index in [4.69, 9.17) is 4.74 Å². The molecule has 0 amide bonds. The molecule has 2 aliphatic heterocycles. The second-order valence-corrected chi connectivity index (χ2v) is 8.10. The van der Waals surface area contributed by atoms with E-state index in [1.807, 2.05) is 31.2 Å². The van der Waals surface area contributed by atoms with Gasteiger partial charge in [0, 0.05) is 30.4 Å². The third kappa shape index (κ3) is 4.41. The second kappa shape index (κ2) is 8.52. The van der Waals surface area contributed by atoms with Gasteiger partial charge in [0.1, 0.15) is 24.4 Å².